The van der Waals surface area contributed by atoms with Gasteiger partial charge in [-0.15, -0.1) is 0 Å². The van der Waals surface area contributed by atoms with E-state index in [1.807, 2.05) is 30.3 Å². The van der Waals surface area contributed by atoms with Crippen LogP contribution in [0.5, 0.6) is 0 Å². The molecule has 0 bridgehead atoms. The summed E-state index contributed by atoms with van der Waals surface area (Å²) in [6.07, 6.45) is -0.226. The van der Waals surface area contributed by atoms with E-state index >= 15 is 0 Å². The minimum atomic E-state index is -0.768. The molecule has 0 spiro atoms. The zero-order chi connectivity index (χ0) is 14.3. The van der Waals surface area contributed by atoms with Gasteiger partial charge in [0.1, 0.15) is 18.4 Å². The number of rotatable bonds is 6. The molecule has 1 aromatic rings. The van der Waals surface area contributed by atoms with Gasteiger partial charge in [-0.05, 0) is 19.4 Å². The summed E-state index contributed by atoms with van der Waals surface area (Å²) in [6, 6.07) is 8.48. The van der Waals surface area contributed by atoms with E-state index in [0.29, 0.717) is 0 Å². The fraction of sp³-hybridized carbons (Fsp3) is 0.357. The first-order chi connectivity index (χ1) is 8.99. The Morgan fingerprint density at radius 1 is 1.21 bits per heavy atom. The lowest BCUT2D eigenvalue weighted by molar-refractivity contribution is -0.148. The molecule has 0 aliphatic carbocycles. The molecule has 1 atom stereocenters. The van der Waals surface area contributed by atoms with Crippen LogP contribution in [0.15, 0.2) is 30.3 Å². The smallest absolute Gasteiger partial charge is 0.328 e. The molecule has 0 aliphatic rings. The summed E-state index contributed by atoms with van der Waals surface area (Å²) in [6.45, 7) is 3.00. The maximum atomic E-state index is 11.6. The van der Waals surface area contributed by atoms with Crippen LogP contribution in [0, 0.1) is 0 Å². The molecule has 1 rings (SSSR count). The van der Waals surface area contributed by atoms with Gasteiger partial charge in [0, 0.05) is 0 Å². The number of ketones is 1. The van der Waals surface area contributed by atoms with E-state index in [-0.39, 0.29) is 18.8 Å². The summed E-state index contributed by atoms with van der Waals surface area (Å²) >= 11 is 0. The molecule has 0 heterocycles. The predicted molar refractivity (Wildman–Crippen MR) is 69.1 cm³/mol. The normalized spacial score (nSPS) is 11.5. The first kappa shape index (κ1) is 14.9. The van der Waals surface area contributed by atoms with E-state index in [4.69, 9.17) is 4.74 Å². The summed E-state index contributed by atoms with van der Waals surface area (Å²) < 4.78 is 5.06. The van der Waals surface area contributed by atoms with Gasteiger partial charge in [-0.2, -0.15) is 0 Å². The van der Waals surface area contributed by atoms with Gasteiger partial charge in [0.2, 0.25) is 5.91 Å². The van der Waals surface area contributed by atoms with Crippen LogP contribution in [-0.4, -0.2) is 23.7 Å². The second-order valence-corrected chi connectivity index (χ2v) is 4.26. The zero-order valence-corrected chi connectivity index (χ0v) is 11.0. The highest BCUT2D eigenvalue weighted by Gasteiger charge is 2.17. The van der Waals surface area contributed by atoms with Gasteiger partial charge in [0.15, 0.2) is 0 Å². The lowest BCUT2D eigenvalue weighted by atomic mass is 10.2. The molecule has 1 aromatic carbocycles. The molecule has 1 unspecified atom stereocenters. The number of carbonyl (C=O) groups is 3. The van der Waals surface area contributed by atoms with Crippen LogP contribution in [0.4, 0.5) is 0 Å². The fourth-order valence-electron chi connectivity index (χ4n) is 1.43. The minimum absolute atomic E-state index is 0.159. The van der Waals surface area contributed by atoms with Crippen LogP contribution in [0.3, 0.4) is 0 Å². The van der Waals surface area contributed by atoms with Gasteiger partial charge in [-0.25, -0.2) is 4.79 Å². The lowest BCUT2D eigenvalue weighted by Crippen LogP contribution is -2.40. The first-order valence-corrected chi connectivity index (χ1v) is 5.98. The lowest BCUT2D eigenvalue weighted by Gasteiger charge is -2.12. The third kappa shape index (κ3) is 5.81. The number of ether oxygens (including phenoxy) is 1. The van der Waals surface area contributed by atoms with E-state index in [0.717, 1.165) is 5.56 Å². The minimum Gasteiger partial charge on any atom is -0.459 e. The second-order valence-electron chi connectivity index (χ2n) is 4.26. The number of hydrogen-bond donors (Lipinski definition) is 1. The number of nitrogens with one attached hydrogen (secondary N) is 1. The van der Waals surface area contributed by atoms with Crippen LogP contribution in [0.1, 0.15) is 25.8 Å². The standard InChI is InChI=1S/C14H17NO4/c1-10(16)8-13(17)15-11(2)14(18)19-9-12-6-4-3-5-7-12/h3-7,11H,8-9H2,1-2H3,(H,15,17). The molecular weight excluding hydrogens is 246 g/mol. The predicted octanol–water partition coefficient (Wildman–Crippen LogP) is 1.21. The molecular formula is C14H17NO4. The maximum Gasteiger partial charge on any atom is 0.328 e. The van der Waals surface area contributed by atoms with Crippen molar-refractivity contribution in [1.82, 2.24) is 5.32 Å². The van der Waals surface area contributed by atoms with Crippen molar-refractivity contribution >= 4 is 17.7 Å². The Morgan fingerprint density at radius 3 is 2.42 bits per heavy atom. The monoisotopic (exact) mass is 263 g/mol. The maximum absolute atomic E-state index is 11.6. The summed E-state index contributed by atoms with van der Waals surface area (Å²) in [5, 5.41) is 2.41. The molecule has 0 saturated carbocycles. The molecule has 1 N–H and O–H groups in total. The van der Waals surface area contributed by atoms with Crippen LogP contribution in [-0.2, 0) is 25.7 Å². The summed E-state index contributed by atoms with van der Waals surface area (Å²) in [5.74, 6) is -1.25. The molecule has 1 amide bonds. The van der Waals surface area contributed by atoms with Crippen LogP contribution in [0.2, 0.25) is 0 Å². The van der Waals surface area contributed by atoms with E-state index in [1.165, 1.54) is 13.8 Å². The van der Waals surface area contributed by atoms with Gasteiger partial charge < -0.3 is 10.1 Å². The Morgan fingerprint density at radius 2 is 1.84 bits per heavy atom. The van der Waals surface area contributed by atoms with E-state index in [9.17, 15) is 14.4 Å². The second kappa shape index (κ2) is 7.31. The Kier molecular flexibility index (Phi) is 5.73. The van der Waals surface area contributed by atoms with Crippen molar-refractivity contribution in [2.45, 2.75) is 32.9 Å². The molecule has 5 nitrogen and oxygen atoms in total. The van der Waals surface area contributed by atoms with E-state index in [1.54, 1.807) is 0 Å². The molecule has 0 radical (unpaired) electrons. The highest BCUT2D eigenvalue weighted by atomic mass is 16.5. The molecule has 19 heavy (non-hydrogen) atoms. The molecule has 102 valence electrons. The number of amides is 1. The van der Waals surface area contributed by atoms with Crippen molar-refractivity contribution in [3.05, 3.63) is 35.9 Å². The summed E-state index contributed by atoms with van der Waals surface area (Å²) in [7, 11) is 0. The first-order valence-electron chi connectivity index (χ1n) is 5.98. The van der Waals surface area contributed by atoms with Crippen molar-refractivity contribution in [2.24, 2.45) is 0 Å². The van der Waals surface area contributed by atoms with Crippen molar-refractivity contribution in [3.8, 4) is 0 Å². The summed E-state index contributed by atoms with van der Waals surface area (Å²) in [4.78, 5) is 33.7. The van der Waals surface area contributed by atoms with E-state index < -0.39 is 17.9 Å². The number of Topliss-reactive ketones (excluding diaryl/α,β-unsaturated/α-hetero) is 1. The average molecular weight is 263 g/mol. The largest absolute Gasteiger partial charge is 0.459 e. The fourth-order valence-corrected chi connectivity index (χ4v) is 1.43. The van der Waals surface area contributed by atoms with Gasteiger partial charge in [0.25, 0.3) is 0 Å². The highest BCUT2D eigenvalue weighted by molar-refractivity contribution is 5.98. The molecule has 0 aliphatic heterocycles. The highest BCUT2D eigenvalue weighted by Crippen LogP contribution is 2.02. The van der Waals surface area contributed by atoms with Crippen LogP contribution < -0.4 is 5.32 Å². The van der Waals surface area contributed by atoms with Crippen molar-refractivity contribution in [3.63, 3.8) is 0 Å². The van der Waals surface area contributed by atoms with Crippen LogP contribution >= 0.6 is 0 Å². The number of carbonyl (C=O) groups excluding carboxylic acids is 3. The molecule has 5 heteroatoms. The SMILES string of the molecule is CC(=O)CC(=O)NC(C)C(=O)OCc1ccccc1. The molecule has 0 saturated heterocycles. The molecule has 0 fully saturated rings. The van der Waals surface area contributed by atoms with Crippen molar-refractivity contribution < 1.29 is 19.1 Å². The van der Waals surface area contributed by atoms with Crippen molar-refractivity contribution in [1.29, 1.82) is 0 Å². The Balaban J connectivity index is 2.36. The zero-order valence-electron chi connectivity index (χ0n) is 11.0. The number of benzene rings is 1. The van der Waals surface area contributed by atoms with Gasteiger partial charge >= 0.3 is 5.97 Å². The Bertz CT molecular complexity index is 456. The Hall–Kier alpha value is -2.17. The molecule has 0 aromatic heterocycles. The van der Waals surface area contributed by atoms with Crippen LogP contribution in [0.25, 0.3) is 0 Å². The van der Waals surface area contributed by atoms with Crippen molar-refractivity contribution in [2.75, 3.05) is 0 Å². The topological polar surface area (TPSA) is 72.5 Å². The van der Waals surface area contributed by atoms with Gasteiger partial charge in [-0.3, -0.25) is 9.59 Å². The number of hydrogen-bond acceptors (Lipinski definition) is 4. The van der Waals surface area contributed by atoms with Gasteiger partial charge in [0.05, 0.1) is 6.42 Å². The number of esters is 1. The van der Waals surface area contributed by atoms with E-state index in [2.05, 4.69) is 5.32 Å². The average Bonchev–Trinajstić information content (AvgIpc) is 2.36. The summed E-state index contributed by atoms with van der Waals surface area (Å²) in [5.41, 5.74) is 0.873. The third-order valence-electron chi connectivity index (χ3n) is 2.36. The quantitative estimate of drug-likeness (QED) is 0.618. The van der Waals surface area contributed by atoms with Gasteiger partial charge in [-0.1, -0.05) is 30.3 Å². The Labute approximate surface area is 111 Å². The third-order valence-corrected chi connectivity index (χ3v) is 2.36.